The van der Waals surface area contributed by atoms with Crippen molar-refractivity contribution in [2.24, 2.45) is 0 Å². The Balaban J connectivity index is 1.14. The SMILES string of the molecule is c1ccc(C2(c3ccccc3)c3ccccc3-c3ccc(N(c4ccc(-c5cccc6ccccc56)cc4)c4cccc(-c5cccc6ccccc56)c4)cc32)cc1. The van der Waals surface area contributed by atoms with E-state index < -0.39 is 5.41 Å². The van der Waals surface area contributed by atoms with E-state index >= 15 is 0 Å². The van der Waals surface area contributed by atoms with Crippen molar-refractivity contribution in [2.45, 2.75) is 5.41 Å². The highest BCUT2D eigenvalue weighted by Crippen LogP contribution is 2.57. The van der Waals surface area contributed by atoms with Crippen LogP contribution in [-0.2, 0) is 5.41 Å². The first kappa shape index (κ1) is 33.8. The van der Waals surface area contributed by atoms with E-state index in [-0.39, 0.29) is 0 Å². The van der Waals surface area contributed by atoms with Gasteiger partial charge in [0.1, 0.15) is 0 Å². The molecule has 0 amide bonds. The number of anilines is 3. The summed E-state index contributed by atoms with van der Waals surface area (Å²) in [6.07, 6.45) is 0. The van der Waals surface area contributed by atoms with Crippen LogP contribution in [0.4, 0.5) is 17.1 Å². The molecule has 10 aromatic rings. The van der Waals surface area contributed by atoms with Crippen molar-refractivity contribution in [3.63, 3.8) is 0 Å². The van der Waals surface area contributed by atoms with E-state index in [0.29, 0.717) is 0 Å². The second-order valence-corrected chi connectivity index (χ2v) is 15.2. The van der Waals surface area contributed by atoms with Crippen molar-refractivity contribution in [3.05, 3.63) is 259 Å². The van der Waals surface area contributed by atoms with Gasteiger partial charge in [-0.05, 0) is 114 Å². The standard InChI is InChI=1S/C57H39N/c1-3-21-44(22-4-1)57(45-23-5-2-6-24-45)55-31-12-11-28-53(55)54-37-36-48(39-56(54)57)58(46-34-32-42(33-35-46)51-29-14-18-40-16-7-9-26-49(40)51)47-25-13-20-43(38-47)52-30-15-19-41-17-8-10-27-50(41)52/h1-39H. The number of nitrogens with zero attached hydrogens (tertiary/aromatic N) is 1. The van der Waals surface area contributed by atoms with E-state index in [9.17, 15) is 0 Å². The van der Waals surface area contributed by atoms with Crippen LogP contribution in [0.25, 0.3) is 54.9 Å². The first-order valence-electron chi connectivity index (χ1n) is 20.1. The van der Waals surface area contributed by atoms with E-state index in [1.165, 1.54) is 77.2 Å². The Morgan fingerprint density at radius 3 is 1.43 bits per heavy atom. The summed E-state index contributed by atoms with van der Waals surface area (Å²) in [5.74, 6) is 0. The second-order valence-electron chi connectivity index (χ2n) is 15.2. The topological polar surface area (TPSA) is 3.24 Å². The van der Waals surface area contributed by atoms with Gasteiger partial charge in [0.15, 0.2) is 0 Å². The van der Waals surface area contributed by atoms with Gasteiger partial charge >= 0.3 is 0 Å². The van der Waals surface area contributed by atoms with Crippen molar-refractivity contribution in [1.82, 2.24) is 0 Å². The van der Waals surface area contributed by atoms with Gasteiger partial charge in [-0.25, -0.2) is 0 Å². The Bertz CT molecular complexity index is 3060. The lowest BCUT2D eigenvalue weighted by atomic mass is 9.67. The van der Waals surface area contributed by atoms with E-state index in [2.05, 4.69) is 241 Å². The Kier molecular flexibility index (Phi) is 8.12. The largest absolute Gasteiger partial charge is 0.310 e. The molecule has 0 fully saturated rings. The fraction of sp³-hybridized carbons (Fsp3) is 0.0175. The van der Waals surface area contributed by atoms with Crippen molar-refractivity contribution in [3.8, 4) is 33.4 Å². The number of hydrogen-bond acceptors (Lipinski definition) is 1. The van der Waals surface area contributed by atoms with Crippen molar-refractivity contribution in [2.75, 3.05) is 4.90 Å². The van der Waals surface area contributed by atoms with Crippen LogP contribution in [0, 0.1) is 0 Å². The quantitative estimate of drug-likeness (QED) is 0.157. The Morgan fingerprint density at radius 1 is 0.276 bits per heavy atom. The normalized spacial score (nSPS) is 12.6. The average molecular weight is 738 g/mol. The van der Waals surface area contributed by atoms with Crippen LogP contribution in [0.5, 0.6) is 0 Å². The van der Waals surface area contributed by atoms with Crippen molar-refractivity contribution < 1.29 is 0 Å². The Labute approximate surface area is 339 Å². The summed E-state index contributed by atoms with van der Waals surface area (Å²) in [4.78, 5) is 2.44. The number of rotatable bonds is 7. The van der Waals surface area contributed by atoms with Crippen molar-refractivity contribution in [1.29, 1.82) is 0 Å². The predicted octanol–water partition coefficient (Wildman–Crippen LogP) is 15.2. The van der Waals surface area contributed by atoms with Gasteiger partial charge in [-0.15, -0.1) is 0 Å². The molecule has 10 aromatic carbocycles. The van der Waals surface area contributed by atoms with Crippen LogP contribution in [0.15, 0.2) is 237 Å². The molecule has 11 rings (SSSR count). The van der Waals surface area contributed by atoms with Gasteiger partial charge in [-0.2, -0.15) is 0 Å². The van der Waals surface area contributed by atoms with Crippen molar-refractivity contribution >= 4 is 38.6 Å². The van der Waals surface area contributed by atoms with Crippen LogP contribution in [0.2, 0.25) is 0 Å². The van der Waals surface area contributed by atoms with E-state index in [1.807, 2.05) is 0 Å². The minimum absolute atomic E-state index is 0.501. The zero-order valence-electron chi connectivity index (χ0n) is 32.0. The molecular weight excluding hydrogens is 699 g/mol. The molecule has 0 aromatic heterocycles. The molecule has 272 valence electrons. The Hall–Kier alpha value is -7.48. The smallest absolute Gasteiger partial charge is 0.0714 e. The molecule has 1 nitrogen and oxygen atoms in total. The molecule has 0 saturated heterocycles. The van der Waals surface area contributed by atoms with E-state index in [0.717, 1.165) is 17.1 Å². The molecule has 0 aliphatic heterocycles. The van der Waals surface area contributed by atoms with Crippen LogP contribution in [0.1, 0.15) is 22.3 Å². The molecule has 0 N–H and O–H groups in total. The lowest BCUT2D eigenvalue weighted by molar-refractivity contribution is 0.768. The molecule has 1 heteroatoms. The lowest BCUT2D eigenvalue weighted by Gasteiger charge is -2.35. The summed E-state index contributed by atoms with van der Waals surface area (Å²) in [5, 5.41) is 4.99. The third-order valence-electron chi connectivity index (χ3n) is 12.1. The van der Waals surface area contributed by atoms with Gasteiger partial charge in [-0.3, -0.25) is 0 Å². The molecule has 0 unspecified atom stereocenters. The van der Waals surface area contributed by atoms with Crippen LogP contribution in [0.3, 0.4) is 0 Å². The summed E-state index contributed by atoms with van der Waals surface area (Å²) >= 11 is 0. The molecule has 0 spiro atoms. The fourth-order valence-electron chi connectivity index (χ4n) is 9.58. The van der Waals surface area contributed by atoms with Crippen LogP contribution >= 0.6 is 0 Å². The Morgan fingerprint density at radius 2 is 0.759 bits per heavy atom. The highest BCUT2D eigenvalue weighted by Gasteiger charge is 2.46. The summed E-state index contributed by atoms with van der Waals surface area (Å²) < 4.78 is 0. The maximum absolute atomic E-state index is 2.46. The molecule has 0 radical (unpaired) electrons. The van der Waals surface area contributed by atoms with Gasteiger partial charge in [0.05, 0.1) is 5.41 Å². The first-order chi connectivity index (χ1) is 28.8. The minimum Gasteiger partial charge on any atom is -0.310 e. The molecule has 0 bridgehead atoms. The molecule has 0 saturated carbocycles. The molecule has 1 aliphatic rings. The molecule has 1 aliphatic carbocycles. The van der Waals surface area contributed by atoms with Gasteiger partial charge in [0, 0.05) is 17.1 Å². The summed E-state index contributed by atoms with van der Waals surface area (Å²) in [5.41, 5.74) is 15.3. The van der Waals surface area contributed by atoms with Gasteiger partial charge < -0.3 is 4.90 Å². The average Bonchev–Trinajstić information content (AvgIpc) is 3.60. The van der Waals surface area contributed by atoms with E-state index in [4.69, 9.17) is 0 Å². The fourth-order valence-corrected chi connectivity index (χ4v) is 9.58. The highest BCUT2D eigenvalue weighted by atomic mass is 15.1. The molecule has 58 heavy (non-hydrogen) atoms. The third kappa shape index (κ3) is 5.39. The maximum Gasteiger partial charge on any atom is 0.0714 e. The first-order valence-corrected chi connectivity index (χ1v) is 20.1. The zero-order valence-corrected chi connectivity index (χ0v) is 32.0. The predicted molar refractivity (Wildman–Crippen MR) is 244 cm³/mol. The van der Waals surface area contributed by atoms with Gasteiger partial charge in [-0.1, -0.05) is 200 Å². The summed E-state index contributed by atoms with van der Waals surface area (Å²) in [7, 11) is 0. The number of fused-ring (bicyclic) bond motifs is 5. The third-order valence-corrected chi connectivity index (χ3v) is 12.1. The van der Waals surface area contributed by atoms with E-state index in [1.54, 1.807) is 0 Å². The minimum atomic E-state index is -0.501. The summed E-state index contributed by atoms with van der Waals surface area (Å²) in [6, 6.07) is 86.9. The summed E-state index contributed by atoms with van der Waals surface area (Å²) in [6.45, 7) is 0. The second kappa shape index (κ2) is 13.9. The number of benzene rings is 10. The lowest BCUT2D eigenvalue weighted by Crippen LogP contribution is -2.28. The molecular formula is C57H39N. The molecule has 0 heterocycles. The zero-order chi connectivity index (χ0) is 38.5. The monoisotopic (exact) mass is 737 g/mol. The van der Waals surface area contributed by atoms with Crippen LogP contribution in [-0.4, -0.2) is 0 Å². The van der Waals surface area contributed by atoms with Gasteiger partial charge in [0.25, 0.3) is 0 Å². The van der Waals surface area contributed by atoms with Crippen LogP contribution < -0.4 is 4.90 Å². The highest BCUT2D eigenvalue weighted by molar-refractivity contribution is 5.99. The van der Waals surface area contributed by atoms with Gasteiger partial charge in [0.2, 0.25) is 0 Å². The molecule has 0 atom stereocenters. The maximum atomic E-state index is 2.46. The number of hydrogen-bond donors (Lipinski definition) is 0.